The number of halogens is 3. The highest BCUT2D eigenvalue weighted by Crippen LogP contribution is 2.21. The van der Waals surface area contributed by atoms with Crippen LogP contribution in [-0.4, -0.2) is 36.6 Å². The molecule has 0 aliphatic carbocycles. The van der Waals surface area contributed by atoms with Gasteiger partial charge < -0.3 is 9.64 Å². The summed E-state index contributed by atoms with van der Waals surface area (Å²) in [5, 5.41) is 0. The van der Waals surface area contributed by atoms with E-state index in [1.54, 1.807) is 0 Å². The van der Waals surface area contributed by atoms with Crippen molar-refractivity contribution >= 4 is 21.8 Å². The summed E-state index contributed by atoms with van der Waals surface area (Å²) < 4.78 is 32.5. The molecule has 1 unspecified atom stereocenters. The Balaban J connectivity index is 2.28. The monoisotopic (exact) mass is 319 g/mol. The van der Waals surface area contributed by atoms with Gasteiger partial charge in [-0.15, -0.1) is 0 Å². The number of ether oxygens (including phenoxy) is 1. The third-order valence-electron chi connectivity index (χ3n) is 2.75. The minimum atomic E-state index is -1.11. The Morgan fingerprint density at radius 2 is 2.22 bits per heavy atom. The molecule has 0 aromatic heterocycles. The van der Waals surface area contributed by atoms with E-state index in [4.69, 9.17) is 4.74 Å². The molecule has 1 atom stereocenters. The van der Waals surface area contributed by atoms with E-state index in [9.17, 15) is 13.6 Å². The topological polar surface area (TPSA) is 29.5 Å². The second-order valence-electron chi connectivity index (χ2n) is 4.18. The fourth-order valence-electron chi connectivity index (χ4n) is 1.88. The number of rotatable bonds is 1. The normalized spacial score (nSPS) is 20.0. The zero-order chi connectivity index (χ0) is 13.3. The first-order valence-electron chi connectivity index (χ1n) is 5.54. The van der Waals surface area contributed by atoms with Crippen molar-refractivity contribution < 1.29 is 18.3 Å². The first kappa shape index (κ1) is 13.4. The zero-order valence-corrected chi connectivity index (χ0v) is 11.3. The Morgan fingerprint density at radius 1 is 1.50 bits per heavy atom. The highest BCUT2D eigenvalue weighted by atomic mass is 79.9. The molecule has 3 nitrogen and oxygen atoms in total. The number of carbonyl (C=O) groups excluding carboxylic acids is 1. The van der Waals surface area contributed by atoms with Crippen LogP contribution in [0.25, 0.3) is 0 Å². The van der Waals surface area contributed by atoms with Crippen molar-refractivity contribution in [2.75, 3.05) is 19.7 Å². The maximum absolute atomic E-state index is 13.6. The molecule has 1 aliphatic heterocycles. The molecule has 1 aromatic carbocycles. The molecule has 1 heterocycles. The SMILES string of the molecule is CC1CN(C(=O)c2cc(Br)cc(F)c2F)CCO1. The van der Waals surface area contributed by atoms with Crippen LogP contribution in [0.15, 0.2) is 16.6 Å². The summed E-state index contributed by atoms with van der Waals surface area (Å²) >= 11 is 3.05. The van der Waals surface area contributed by atoms with E-state index < -0.39 is 17.5 Å². The van der Waals surface area contributed by atoms with Crippen molar-refractivity contribution in [2.45, 2.75) is 13.0 Å². The number of nitrogens with zero attached hydrogens (tertiary/aromatic N) is 1. The minimum Gasteiger partial charge on any atom is -0.375 e. The summed E-state index contributed by atoms with van der Waals surface area (Å²) in [6.07, 6.45) is -0.0947. The maximum Gasteiger partial charge on any atom is 0.257 e. The molecular weight excluding hydrogens is 308 g/mol. The van der Waals surface area contributed by atoms with Crippen LogP contribution in [0.1, 0.15) is 17.3 Å². The third kappa shape index (κ3) is 2.70. The number of benzene rings is 1. The molecule has 1 aliphatic rings. The molecule has 1 amide bonds. The lowest BCUT2D eigenvalue weighted by Gasteiger charge is -2.31. The largest absolute Gasteiger partial charge is 0.375 e. The second kappa shape index (κ2) is 5.32. The van der Waals surface area contributed by atoms with Gasteiger partial charge in [0.25, 0.3) is 5.91 Å². The van der Waals surface area contributed by atoms with Gasteiger partial charge in [-0.05, 0) is 19.1 Å². The van der Waals surface area contributed by atoms with Crippen molar-refractivity contribution in [1.29, 1.82) is 0 Å². The Labute approximate surface area is 112 Å². The van der Waals surface area contributed by atoms with Gasteiger partial charge in [0.15, 0.2) is 11.6 Å². The van der Waals surface area contributed by atoms with Crippen LogP contribution >= 0.6 is 15.9 Å². The van der Waals surface area contributed by atoms with Gasteiger partial charge in [0.1, 0.15) is 0 Å². The van der Waals surface area contributed by atoms with E-state index >= 15 is 0 Å². The third-order valence-corrected chi connectivity index (χ3v) is 3.21. The molecule has 18 heavy (non-hydrogen) atoms. The smallest absolute Gasteiger partial charge is 0.257 e. The van der Waals surface area contributed by atoms with Crippen LogP contribution in [-0.2, 0) is 4.74 Å². The average Bonchev–Trinajstić information content (AvgIpc) is 2.33. The number of hydrogen-bond acceptors (Lipinski definition) is 2. The molecule has 1 aromatic rings. The fraction of sp³-hybridized carbons (Fsp3) is 0.417. The van der Waals surface area contributed by atoms with Crippen LogP contribution in [0, 0.1) is 11.6 Å². The summed E-state index contributed by atoms with van der Waals surface area (Å²) in [5.41, 5.74) is -0.254. The Bertz CT molecular complexity index is 481. The van der Waals surface area contributed by atoms with Gasteiger partial charge in [-0.3, -0.25) is 4.79 Å². The predicted molar refractivity (Wildman–Crippen MR) is 65.4 cm³/mol. The van der Waals surface area contributed by atoms with Gasteiger partial charge in [-0.25, -0.2) is 8.78 Å². The van der Waals surface area contributed by atoms with E-state index in [1.807, 2.05) is 6.92 Å². The first-order chi connectivity index (χ1) is 8.49. The van der Waals surface area contributed by atoms with Gasteiger partial charge in [0.2, 0.25) is 0 Å². The van der Waals surface area contributed by atoms with Crippen LogP contribution < -0.4 is 0 Å². The van der Waals surface area contributed by atoms with E-state index in [2.05, 4.69) is 15.9 Å². The predicted octanol–water partition coefficient (Wildman–Crippen LogP) is 2.59. The zero-order valence-electron chi connectivity index (χ0n) is 9.75. The van der Waals surface area contributed by atoms with E-state index in [-0.39, 0.29) is 11.7 Å². The van der Waals surface area contributed by atoms with Gasteiger partial charge in [-0.1, -0.05) is 15.9 Å². The van der Waals surface area contributed by atoms with Crippen LogP contribution in [0.4, 0.5) is 8.78 Å². The lowest BCUT2D eigenvalue weighted by Crippen LogP contribution is -2.44. The van der Waals surface area contributed by atoms with E-state index in [0.29, 0.717) is 24.2 Å². The number of carbonyl (C=O) groups is 1. The number of amides is 1. The first-order valence-corrected chi connectivity index (χ1v) is 6.33. The molecule has 0 saturated carbocycles. The van der Waals surface area contributed by atoms with Crippen LogP contribution in [0.5, 0.6) is 0 Å². The molecule has 0 bridgehead atoms. The van der Waals surface area contributed by atoms with Crippen molar-refractivity contribution in [1.82, 2.24) is 4.90 Å². The maximum atomic E-state index is 13.6. The highest BCUT2D eigenvalue weighted by molar-refractivity contribution is 9.10. The second-order valence-corrected chi connectivity index (χ2v) is 5.10. The molecule has 0 radical (unpaired) electrons. The van der Waals surface area contributed by atoms with Gasteiger partial charge in [-0.2, -0.15) is 0 Å². The quantitative estimate of drug-likeness (QED) is 0.745. The molecule has 0 N–H and O–H groups in total. The summed E-state index contributed by atoms with van der Waals surface area (Å²) in [7, 11) is 0. The Hall–Kier alpha value is -1.01. The van der Waals surface area contributed by atoms with Gasteiger partial charge in [0.05, 0.1) is 18.3 Å². The van der Waals surface area contributed by atoms with Gasteiger partial charge >= 0.3 is 0 Å². The minimum absolute atomic E-state index is 0.0947. The molecular formula is C12H12BrF2NO2. The highest BCUT2D eigenvalue weighted by Gasteiger charge is 2.26. The Kier molecular flexibility index (Phi) is 3.97. The number of hydrogen-bond donors (Lipinski definition) is 0. The molecule has 6 heteroatoms. The van der Waals surface area contributed by atoms with Crippen molar-refractivity contribution in [2.24, 2.45) is 0 Å². The summed E-state index contributed by atoms with van der Waals surface area (Å²) in [6.45, 7) is 3.01. The van der Waals surface area contributed by atoms with E-state index in [1.165, 1.54) is 11.0 Å². The Morgan fingerprint density at radius 3 is 2.89 bits per heavy atom. The van der Waals surface area contributed by atoms with Crippen molar-refractivity contribution in [3.63, 3.8) is 0 Å². The lowest BCUT2D eigenvalue weighted by atomic mass is 10.1. The summed E-state index contributed by atoms with van der Waals surface area (Å²) in [4.78, 5) is 13.6. The van der Waals surface area contributed by atoms with Crippen LogP contribution in [0.3, 0.4) is 0 Å². The molecule has 1 saturated heterocycles. The summed E-state index contributed by atoms with van der Waals surface area (Å²) in [6, 6.07) is 2.29. The molecule has 98 valence electrons. The molecule has 0 spiro atoms. The lowest BCUT2D eigenvalue weighted by molar-refractivity contribution is -0.0126. The fourth-order valence-corrected chi connectivity index (χ4v) is 2.31. The summed E-state index contributed by atoms with van der Waals surface area (Å²) in [5.74, 6) is -2.65. The van der Waals surface area contributed by atoms with Crippen molar-refractivity contribution in [3.8, 4) is 0 Å². The average molecular weight is 320 g/mol. The standard InChI is InChI=1S/C12H12BrF2NO2/c1-7-6-16(2-3-18-7)12(17)9-4-8(13)5-10(14)11(9)15/h4-5,7H,2-3,6H2,1H3. The van der Waals surface area contributed by atoms with E-state index in [0.717, 1.165) is 6.07 Å². The number of morpholine rings is 1. The van der Waals surface area contributed by atoms with Crippen molar-refractivity contribution in [3.05, 3.63) is 33.8 Å². The molecule has 1 fully saturated rings. The van der Waals surface area contributed by atoms with Crippen LogP contribution in [0.2, 0.25) is 0 Å². The molecule has 2 rings (SSSR count). The van der Waals surface area contributed by atoms with Gasteiger partial charge in [0, 0.05) is 17.6 Å².